The molecule has 1 nitrogen and oxygen atoms in total. The molecule has 0 spiro atoms. The van der Waals surface area contributed by atoms with Gasteiger partial charge in [0.15, 0.2) is 0 Å². The summed E-state index contributed by atoms with van der Waals surface area (Å²) in [5.41, 5.74) is 1.51. The smallest absolute Gasteiger partial charge is 0.0171 e. The van der Waals surface area contributed by atoms with Crippen molar-refractivity contribution in [1.82, 2.24) is 4.90 Å². The summed E-state index contributed by atoms with van der Waals surface area (Å²) in [5.74, 6) is 0. The van der Waals surface area contributed by atoms with E-state index in [-0.39, 0.29) is 0 Å². The van der Waals surface area contributed by atoms with Gasteiger partial charge in [-0.05, 0) is 26.2 Å². The van der Waals surface area contributed by atoms with Gasteiger partial charge in [-0.25, -0.2) is 0 Å². The predicted octanol–water partition coefficient (Wildman–Crippen LogP) is 3.81. The number of hydrogen-bond acceptors (Lipinski definition) is 1. The number of rotatable bonds is 7. The van der Waals surface area contributed by atoms with Crippen LogP contribution in [0.3, 0.4) is 0 Å². The molecule has 0 unspecified atom stereocenters. The van der Waals surface area contributed by atoms with Gasteiger partial charge in [-0.15, -0.1) is 0 Å². The first-order valence-corrected chi connectivity index (χ1v) is 5.62. The number of unbranched alkanes of at least 4 members (excludes halogenated alkanes) is 2. The van der Waals surface area contributed by atoms with Crippen LogP contribution in [-0.2, 0) is 0 Å². The van der Waals surface area contributed by atoms with Crippen molar-refractivity contribution in [2.45, 2.75) is 52.9 Å². The molecule has 0 N–H and O–H groups in total. The monoisotopic (exact) mass is 183 g/mol. The molecule has 0 amide bonds. The van der Waals surface area contributed by atoms with E-state index in [4.69, 9.17) is 0 Å². The second kappa shape index (κ2) is 8.15. The zero-order valence-electron chi connectivity index (χ0n) is 9.77. The fraction of sp³-hybridized carbons (Fsp3) is 0.833. The Bertz CT molecular complexity index is 138. The highest BCUT2D eigenvalue weighted by Gasteiger charge is 2.01. The summed E-state index contributed by atoms with van der Waals surface area (Å²) in [6.45, 7) is 7.85. The number of allylic oxidation sites excluding steroid dienone is 2. The maximum absolute atomic E-state index is 2.40. The molecular weight excluding hydrogens is 158 g/mol. The van der Waals surface area contributed by atoms with Gasteiger partial charge in [-0.1, -0.05) is 32.8 Å². The van der Waals surface area contributed by atoms with Gasteiger partial charge in [0.05, 0.1) is 0 Å². The SMILES string of the molecule is CC=C(CCCC)N(C)CCCC. The van der Waals surface area contributed by atoms with Gasteiger partial charge in [0.1, 0.15) is 0 Å². The van der Waals surface area contributed by atoms with Crippen molar-refractivity contribution in [3.05, 3.63) is 11.8 Å². The molecule has 0 bridgehead atoms. The lowest BCUT2D eigenvalue weighted by Crippen LogP contribution is -2.18. The molecule has 0 aliphatic carbocycles. The summed E-state index contributed by atoms with van der Waals surface area (Å²) in [7, 11) is 2.21. The van der Waals surface area contributed by atoms with E-state index >= 15 is 0 Å². The summed E-state index contributed by atoms with van der Waals surface area (Å²) < 4.78 is 0. The predicted molar refractivity (Wildman–Crippen MR) is 60.8 cm³/mol. The van der Waals surface area contributed by atoms with Gasteiger partial charge < -0.3 is 4.90 Å². The quantitative estimate of drug-likeness (QED) is 0.580. The fourth-order valence-electron chi connectivity index (χ4n) is 1.45. The summed E-state index contributed by atoms with van der Waals surface area (Å²) in [4.78, 5) is 2.40. The normalized spacial score (nSPS) is 11.8. The standard InChI is InChI=1S/C12H25N/c1-5-8-10-12(7-3)13(4)11-9-6-2/h7H,5-6,8-11H2,1-4H3. The molecule has 1 heteroatoms. The van der Waals surface area contributed by atoms with Crippen LogP contribution in [0.15, 0.2) is 11.8 Å². The van der Waals surface area contributed by atoms with E-state index in [1.807, 2.05) is 0 Å². The minimum Gasteiger partial charge on any atom is -0.378 e. The topological polar surface area (TPSA) is 3.24 Å². The van der Waals surface area contributed by atoms with E-state index in [9.17, 15) is 0 Å². The zero-order valence-corrected chi connectivity index (χ0v) is 9.77. The molecule has 0 aromatic heterocycles. The molecule has 0 atom stereocenters. The van der Waals surface area contributed by atoms with E-state index in [1.165, 1.54) is 44.3 Å². The summed E-state index contributed by atoms with van der Waals surface area (Å²) >= 11 is 0. The molecule has 0 aliphatic rings. The molecule has 0 aromatic carbocycles. The van der Waals surface area contributed by atoms with Gasteiger partial charge in [-0.2, -0.15) is 0 Å². The number of nitrogens with zero attached hydrogens (tertiary/aromatic N) is 1. The molecule has 13 heavy (non-hydrogen) atoms. The highest BCUT2D eigenvalue weighted by molar-refractivity contribution is 4.98. The van der Waals surface area contributed by atoms with Crippen LogP contribution in [0.25, 0.3) is 0 Å². The summed E-state index contributed by atoms with van der Waals surface area (Å²) in [6.07, 6.45) is 8.70. The van der Waals surface area contributed by atoms with Crippen LogP contribution in [0.4, 0.5) is 0 Å². The van der Waals surface area contributed by atoms with Crippen molar-refractivity contribution < 1.29 is 0 Å². The highest BCUT2D eigenvalue weighted by atomic mass is 15.1. The largest absolute Gasteiger partial charge is 0.378 e. The molecule has 0 fully saturated rings. The molecule has 78 valence electrons. The van der Waals surface area contributed by atoms with Crippen LogP contribution >= 0.6 is 0 Å². The molecule has 0 aliphatic heterocycles. The molecule has 0 radical (unpaired) electrons. The molecule has 0 saturated heterocycles. The van der Waals surface area contributed by atoms with Gasteiger partial charge in [0, 0.05) is 19.3 Å². The fourth-order valence-corrected chi connectivity index (χ4v) is 1.45. The van der Waals surface area contributed by atoms with Crippen molar-refractivity contribution in [3.8, 4) is 0 Å². The Kier molecular flexibility index (Phi) is 7.86. The second-order valence-corrected chi connectivity index (χ2v) is 3.66. The van der Waals surface area contributed by atoms with Crippen LogP contribution < -0.4 is 0 Å². The first-order valence-electron chi connectivity index (χ1n) is 5.62. The summed E-state index contributed by atoms with van der Waals surface area (Å²) in [5, 5.41) is 0. The van der Waals surface area contributed by atoms with Crippen molar-refractivity contribution in [3.63, 3.8) is 0 Å². The second-order valence-electron chi connectivity index (χ2n) is 3.66. The maximum atomic E-state index is 2.40. The van der Waals surface area contributed by atoms with Crippen molar-refractivity contribution >= 4 is 0 Å². The highest BCUT2D eigenvalue weighted by Crippen LogP contribution is 2.11. The minimum absolute atomic E-state index is 1.21. The van der Waals surface area contributed by atoms with Crippen LogP contribution in [-0.4, -0.2) is 18.5 Å². The van der Waals surface area contributed by atoms with Crippen LogP contribution in [0.5, 0.6) is 0 Å². The molecule has 0 aromatic rings. The Morgan fingerprint density at radius 2 is 1.77 bits per heavy atom. The third kappa shape index (κ3) is 5.73. The Morgan fingerprint density at radius 3 is 2.23 bits per heavy atom. The lowest BCUT2D eigenvalue weighted by molar-refractivity contribution is 0.387. The maximum Gasteiger partial charge on any atom is 0.0171 e. The lowest BCUT2D eigenvalue weighted by atomic mass is 10.2. The van der Waals surface area contributed by atoms with E-state index in [1.54, 1.807) is 0 Å². The minimum atomic E-state index is 1.21. The Hall–Kier alpha value is -0.460. The third-order valence-electron chi connectivity index (χ3n) is 2.46. The number of hydrogen-bond donors (Lipinski definition) is 0. The van der Waals surface area contributed by atoms with Crippen molar-refractivity contribution in [2.24, 2.45) is 0 Å². The van der Waals surface area contributed by atoms with Gasteiger partial charge in [0.25, 0.3) is 0 Å². The van der Waals surface area contributed by atoms with Gasteiger partial charge >= 0.3 is 0 Å². The van der Waals surface area contributed by atoms with Crippen LogP contribution in [0.1, 0.15) is 52.9 Å². The van der Waals surface area contributed by atoms with Crippen molar-refractivity contribution in [2.75, 3.05) is 13.6 Å². The Morgan fingerprint density at radius 1 is 1.15 bits per heavy atom. The Labute approximate surface area is 83.8 Å². The zero-order chi connectivity index (χ0) is 10.1. The average Bonchev–Trinajstić information content (AvgIpc) is 2.16. The van der Waals surface area contributed by atoms with E-state index < -0.39 is 0 Å². The molecule has 0 rings (SSSR count). The molecule has 0 heterocycles. The first kappa shape index (κ1) is 12.5. The lowest BCUT2D eigenvalue weighted by Gasteiger charge is -2.22. The summed E-state index contributed by atoms with van der Waals surface area (Å²) in [6, 6.07) is 0. The van der Waals surface area contributed by atoms with Gasteiger partial charge in [-0.3, -0.25) is 0 Å². The van der Waals surface area contributed by atoms with Crippen molar-refractivity contribution in [1.29, 1.82) is 0 Å². The van der Waals surface area contributed by atoms with E-state index in [0.29, 0.717) is 0 Å². The van der Waals surface area contributed by atoms with E-state index in [2.05, 4.69) is 38.8 Å². The van der Waals surface area contributed by atoms with Crippen LogP contribution in [0, 0.1) is 0 Å². The molecular formula is C12H25N. The van der Waals surface area contributed by atoms with Gasteiger partial charge in [0.2, 0.25) is 0 Å². The van der Waals surface area contributed by atoms with E-state index in [0.717, 1.165) is 0 Å². The first-order chi connectivity index (χ1) is 6.26. The third-order valence-corrected chi connectivity index (χ3v) is 2.46. The van der Waals surface area contributed by atoms with Crippen LogP contribution in [0.2, 0.25) is 0 Å². The Balaban J connectivity index is 3.79. The average molecular weight is 183 g/mol. The molecule has 0 saturated carbocycles.